The first-order valence-corrected chi connectivity index (χ1v) is 12.7. The molecule has 0 aliphatic carbocycles. The van der Waals surface area contributed by atoms with Crippen LogP contribution in [0.5, 0.6) is 11.5 Å². The molecule has 0 aliphatic heterocycles. The quantitative estimate of drug-likeness (QED) is 0.121. The number of nitrogens with zero attached hydrogens (tertiary/aromatic N) is 1. The number of halogens is 7. The first kappa shape index (κ1) is 31.9. The van der Waals surface area contributed by atoms with Crippen LogP contribution >= 0.6 is 11.3 Å². The predicted octanol–water partition coefficient (Wildman–Crippen LogP) is 7.28. The molecule has 3 aromatic rings. The van der Waals surface area contributed by atoms with Crippen molar-refractivity contribution in [1.82, 2.24) is 10.5 Å². The van der Waals surface area contributed by atoms with Gasteiger partial charge in [0.05, 0.1) is 7.11 Å². The fourth-order valence-corrected chi connectivity index (χ4v) is 5.11. The van der Waals surface area contributed by atoms with Gasteiger partial charge in [-0.15, -0.1) is 11.3 Å². The minimum atomic E-state index is -5.14. The standard InChI is InChI=1S/C27H25F7N2O4S/c1-3-16(11-12-36-38-2)13-19(17-9-10-20(39-24(28)29)21(14-17)40-25(30)31)22-15-35-23(41-22)26(37,27(32,33)34)18-7-5-4-6-8-18/h3-12,14-15,19,24-25,36-37H,13H2,1-2H3/b12-11-,16-3+. The van der Waals surface area contributed by atoms with Crippen molar-refractivity contribution in [3.63, 3.8) is 0 Å². The number of hydrogen-bond donors (Lipinski definition) is 2. The Morgan fingerprint density at radius 1 is 1.02 bits per heavy atom. The number of ether oxygens (including phenoxy) is 2. The lowest BCUT2D eigenvalue weighted by Gasteiger charge is -2.29. The van der Waals surface area contributed by atoms with E-state index in [1.165, 1.54) is 37.6 Å². The van der Waals surface area contributed by atoms with Gasteiger partial charge >= 0.3 is 19.4 Å². The third-order valence-electron chi connectivity index (χ3n) is 5.87. The van der Waals surface area contributed by atoms with Crippen LogP contribution in [0.4, 0.5) is 30.7 Å². The second kappa shape index (κ2) is 13.8. The second-order valence-corrected chi connectivity index (χ2v) is 9.44. The van der Waals surface area contributed by atoms with Crippen molar-refractivity contribution in [3.05, 3.63) is 99.7 Å². The van der Waals surface area contributed by atoms with Crippen LogP contribution in [0, 0.1) is 0 Å². The van der Waals surface area contributed by atoms with Crippen molar-refractivity contribution in [2.45, 2.75) is 44.3 Å². The predicted molar refractivity (Wildman–Crippen MR) is 137 cm³/mol. The summed E-state index contributed by atoms with van der Waals surface area (Å²) in [5.41, 5.74) is -0.533. The average molecular weight is 607 g/mol. The van der Waals surface area contributed by atoms with Crippen LogP contribution in [-0.2, 0) is 10.4 Å². The molecule has 2 N–H and O–H groups in total. The Morgan fingerprint density at radius 2 is 1.68 bits per heavy atom. The van der Waals surface area contributed by atoms with E-state index in [0.29, 0.717) is 16.9 Å². The highest BCUT2D eigenvalue weighted by molar-refractivity contribution is 7.11. The molecule has 0 saturated heterocycles. The van der Waals surface area contributed by atoms with Gasteiger partial charge in [0.2, 0.25) is 5.60 Å². The van der Waals surface area contributed by atoms with Crippen LogP contribution in [0.1, 0.15) is 40.3 Å². The molecule has 6 nitrogen and oxygen atoms in total. The lowest BCUT2D eigenvalue weighted by molar-refractivity contribution is -0.248. The minimum Gasteiger partial charge on any atom is -0.431 e. The highest BCUT2D eigenvalue weighted by Gasteiger charge is 2.58. The lowest BCUT2D eigenvalue weighted by atomic mass is 9.90. The van der Waals surface area contributed by atoms with E-state index in [2.05, 4.69) is 19.9 Å². The average Bonchev–Trinajstić information content (AvgIpc) is 3.41. The van der Waals surface area contributed by atoms with Gasteiger partial charge in [-0.3, -0.25) is 10.3 Å². The van der Waals surface area contributed by atoms with Gasteiger partial charge in [-0.2, -0.15) is 30.7 Å². The number of hydroxylamine groups is 1. The Labute approximate surface area is 234 Å². The third-order valence-corrected chi connectivity index (χ3v) is 7.09. The number of hydrogen-bond acceptors (Lipinski definition) is 7. The molecule has 41 heavy (non-hydrogen) atoms. The molecule has 0 saturated carbocycles. The number of benzene rings is 2. The number of rotatable bonds is 13. The Kier molecular flexibility index (Phi) is 10.8. The molecule has 3 rings (SSSR count). The number of aromatic nitrogens is 1. The van der Waals surface area contributed by atoms with Crippen LogP contribution in [0.2, 0.25) is 0 Å². The number of nitrogens with one attached hydrogen (secondary N) is 1. The van der Waals surface area contributed by atoms with E-state index in [1.807, 2.05) is 0 Å². The van der Waals surface area contributed by atoms with Crippen molar-refractivity contribution < 1.29 is 50.2 Å². The maximum Gasteiger partial charge on any atom is 0.428 e. The molecule has 2 atom stereocenters. The highest BCUT2D eigenvalue weighted by Crippen LogP contribution is 2.47. The molecule has 222 valence electrons. The third kappa shape index (κ3) is 7.77. The summed E-state index contributed by atoms with van der Waals surface area (Å²) < 4.78 is 103. The zero-order valence-corrected chi connectivity index (χ0v) is 22.4. The van der Waals surface area contributed by atoms with Gasteiger partial charge in [0.1, 0.15) is 5.01 Å². The summed E-state index contributed by atoms with van der Waals surface area (Å²) in [7, 11) is 1.38. The van der Waals surface area contributed by atoms with Crippen LogP contribution in [0.3, 0.4) is 0 Å². The summed E-state index contributed by atoms with van der Waals surface area (Å²) in [5, 5.41) is 10.3. The van der Waals surface area contributed by atoms with Gasteiger partial charge in [-0.1, -0.05) is 42.5 Å². The minimum absolute atomic E-state index is 0.0962. The topological polar surface area (TPSA) is 72.8 Å². The van der Waals surface area contributed by atoms with E-state index in [-0.39, 0.29) is 16.9 Å². The normalized spacial score (nSPS) is 14.9. The van der Waals surface area contributed by atoms with E-state index < -0.39 is 53.0 Å². The van der Waals surface area contributed by atoms with E-state index in [4.69, 9.17) is 4.84 Å². The number of alkyl halides is 7. The SMILES string of the molecule is C/C=C(\C=C/NOC)CC(c1ccc(OC(F)F)c(OC(F)F)c1)c1cnc(C(O)(c2ccccc2)C(F)(F)F)s1. The first-order chi connectivity index (χ1) is 19.4. The van der Waals surface area contributed by atoms with E-state index >= 15 is 0 Å². The summed E-state index contributed by atoms with van der Waals surface area (Å²) in [6, 6.07) is 9.77. The van der Waals surface area contributed by atoms with Gasteiger partial charge in [0.15, 0.2) is 11.5 Å². The zero-order valence-electron chi connectivity index (χ0n) is 21.5. The monoisotopic (exact) mass is 606 g/mol. The maximum atomic E-state index is 14.3. The number of aliphatic hydroxyl groups is 1. The Bertz CT molecular complexity index is 1330. The van der Waals surface area contributed by atoms with E-state index in [0.717, 1.165) is 30.5 Å². The van der Waals surface area contributed by atoms with Crippen LogP contribution in [-0.4, -0.2) is 36.6 Å². The molecule has 0 fully saturated rings. The molecule has 0 spiro atoms. The summed E-state index contributed by atoms with van der Waals surface area (Å²) in [5.74, 6) is -2.19. The van der Waals surface area contributed by atoms with Gasteiger partial charge in [-0.25, -0.2) is 4.98 Å². The fourth-order valence-electron chi connectivity index (χ4n) is 3.94. The number of allylic oxidation sites excluding steroid dienone is 3. The van der Waals surface area contributed by atoms with Crippen LogP contribution in [0.15, 0.2) is 78.7 Å². The smallest absolute Gasteiger partial charge is 0.428 e. The van der Waals surface area contributed by atoms with Gasteiger partial charge in [0.25, 0.3) is 0 Å². The van der Waals surface area contributed by atoms with Gasteiger partial charge in [0, 0.05) is 23.2 Å². The molecular formula is C27H25F7N2O4S. The first-order valence-electron chi connectivity index (χ1n) is 11.8. The van der Waals surface area contributed by atoms with Crippen LogP contribution < -0.4 is 15.0 Å². The van der Waals surface area contributed by atoms with Gasteiger partial charge in [-0.05, 0) is 48.3 Å². The van der Waals surface area contributed by atoms with E-state index in [9.17, 15) is 35.8 Å². The molecule has 0 amide bonds. The maximum absolute atomic E-state index is 14.3. The van der Waals surface area contributed by atoms with Crippen molar-refractivity contribution >= 4 is 11.3 Å². The zero-order chi connectivity index (χ0) is 30.2. The van der Waals surface area contributed by atoms with Crippen molar-refractivity contribution in [2.75, 3.05) is 7.11 Å². The van der Waals surface area contributed by atoms with Gasteiger partial charge < -0.3 is 14.6 Å². The number of thiazole rings is 1. The van der Waals surface area contributed by atoms with E-state index in [1.54, 1.807) is 19.1 Å². The van der Waals surface area contributed by atoms with Crippen molar-refractivity contribution in [3.8, 4) is 11.5 Å². The highest BCUT2D eigenvalue weighted by atomic mass is 32.1. The Balaban J connectivity index is 2.15. The van der Waals surface area contributed by atoms with Crippen molar-refractivity contribution in [1.29, 1.82) is 0 Å². The molecule has 0 aliphatic rings. The Morgan fingerprint density at radius 3 is 2.27 bits per heavy atom. The molecule has 2 aromatic carbocycles. The summed E-state index contributed by atoms with van der Waals surface area (Å²) in [4.78, 5) is 8.89. The molecule has 1 heterocycles. The molecule has 1 aromatic heterocycles. The Hall–Kier alpha value is -3.62. The molecule has 14 heteroatoms. The summed E-state index contributed by atoms with van der Waals surface area (Å²) >= 11 is 0.567. The molecule has 0 bridgehead atoms. The summed E-state index contributed by atoms with van der Waals surface area (Å²) in [6.07, 6.45) is 0.857. The van der Waals surface area contributed by atoms with Crippen molar-refractivity contribution in [2.24, 2.45) is 0 Å². The lowest BCUT2D eigenvalue weighted by Crippen LogP contribution is -2.43. The molecular weight excluding hydrogens is 581 g/mol. The largest absolute Gasteiger partial charge is 0.431 e. The fraction of sp³-hybridized carbons (Fsp3) is 0.296. The van der Waals surface area contributed by atoms with Crippen LogP contribution in [0.25, 0.3) is 0 Å². The second-order valence-electron chi connectivity index (χ2n) is 8.38. The molecule has 2 unspecified atom stereocenters. The summed E-state index contributed by atoms with van der Waals surface area (Å²) in [6.45, 7) is -5.00. The molecule has 0 radical (unpaired) electrons.